The van der Waals surface area contributed by atoms with Crippen LogP contribution in [-0.4, -0.2) is 55.1 Å². The maximum atomic E-state index is 13.2. The molecule has 2 amide bonds. The van der Waals surface area contributed by atoms with Crippen molar-refractivity contribution in [2.45, 2.75) is 31.9 Å². The van der Waals surface area contributed by atoms with Gasteiger partial charge in [-0.3, -0.25) is 9.59 Å². The number of piperidine rings is 1. The van der Waals surface area contributed by atoms with Crippen LogP contribution in [0, 0.1) is 11.7 Å². The summed E-state index contributed by atoms with van der Waals surface area (Å²) in [5.41, 5.74) is 0.470. The van der Waals surface area contributed by atoms with Crippen LogP contribution in [0.1, 0.15) is 19.8 Å². The maximum absolute atomic E-state index is 13.2. The van der Waals surface area contributed by atoms with Gasteiger partial charge in [0.25, 0.3) is 0 Å². The molecule has 150 valence electrons. The summed E-state index contributed by atoms with van der Waals surface area (Å²) < 4.78 is 18.7. The number of nitrogens with zero attached hydrogens (tertiary/aromatic N) is 1. The Balaban J connectivity index is 0.00000261. The topological polar surface area (TPSA) is 70.7 Å². The molecule has 9 heteroatoms. The Hall–Kier alpha value is -1.41. The van der Waals surface area contributed by atoms with Crippen LogP contribution in [0.15, 0.2) is 18.2 Å². The maximum Gasteiger partial charge on any atom is 0.242 e. The number of ether oxygens (including phenoxy) is 1. The lowest BCUT2D eigenvalue weighted by atomic mass is 9.95. The van der Waals surface area contributed by atoms with Crippen LogP contribution in [0.2, 0.25) is 5.02 Å². The zero-order chi connectivity index (χ0) is 18.7. The summed E-state index contributed by atoms with van der Waals surface area (Å²) in [4.78, 5) is 26.8. The first-order valence-corrected chi connectivity index (χ1v) is 9.23. The third-order valence-electron chi connectivity index (χ3n) is 4.95. The third kappa shape index (κ3) is 5.31. The van der Waals surface area contributed by atoms with Gasteiger partial charge in [-0.1, -0.05) is 11.6 Å². The van der Waals surface area contributed by atoms with Crippen molar-refractivity contribution in [3.8, 4) is 0 Å². The highest BCUT2D eigenvalue weighted by atomic mass is 35.5. The van der Waals surface area contributed by atoms with Gasteiger partial charge in [0.1, 0.15) is 11.9 Å². The van der Waals surface area contributed by atoms with Gasteiger partial charge < -0.3 is 20.3 Å². The fourth-order valence-electron chi connectivity index (χ4n) is 3.39. The van der Waals surface area contributed by atoms with Gasteiger partial charge in [-0.25, -0.2) is 4.39 Å². The molecule has 2 saturated heterocycles. The smallest absolute Gasteiger partial charge is 0.242 e. The Bertz CT molecular complexity index is 684. The van der Waals surface area contributed by atoms with Crippen LogP contribution in [0.3, 0.4) is 0 Å². The number of rotatable bonds is 3. The second-order valence-corrected chi connectivity index (χ2v) is 7.13. The SMILES string of the molecule is C[C@H]1OCCN[C@@H]1C(=O)N1CCC(C(=O)Nc2ccc(F)c(Cl)c2)CC1.Cl. The number of benzene rings is 1. The van der Waals surface area contributed by atoms with Crippen molar-refractivity contribution >= 4 is 41.5 Å². The van der Waals surface area contributed by atoms with Crippen LogP contribution >= 0.6 is 24.0 Å². The van der Waals surface area contributed by atoms with E-state index in [4.69, 9.17) is 16.3 Å². The van der Waals surface area contributed by atoms with Crippen LogP contribution in [-0.2, 0) is 14.3 Å². The van der Waals surface area contributed by atoms with Gasteiger partial charge >= 0.3 is 0 Å². The van der Waals surface area contributed by atoms with E-state index in [0.717, 1.165) is 0 Å². The standard InChI is InChI=1S/C18H23ClFN3O3.ClH/c1-11-16(21-6-9-26-11)18(25)23-7-4-12(5-8-23)17(24)22-13-2-3-15(20)14(19)10-13;/h2-3,10-12,16,21H,4-9H2,1H3,(H,22,24);1H/t11-,16+;/m1./s1. The van der Waals surface area contributed by atoms with Crippen molar-refractivity contribution in [1.29, 1.82) is 0 Å². The summed E-state index contributed by atoms with van der Waals surface area (Å²) in [5.74, 6) is -0.810. The fourth-order valence-corrected chi connectivity index (χ4v) is 3.57. The molecular formula is C18H24Cl2FN3O3. The first kappa shape index (κ1) is 21.9. The van der Waals surface area contributed by atoms with Crippen molar-refractivity contribution in [2.24, 2.45) is 5.92 Å². The Morgan fingerprint density at radius 1 is 1.33 bits per heavy atom. The second kappa shape index (κ2) is 9.68. The molecule has 6 nitrogen and oxygen atoms in total. The van der Waals surface area contributed by atoms with E-state index in [-0.39, 0.29) is 47.3 Å². The third-order valence-corrected chi connectivity index (χ3v) is 5.24. The molecule has 0 saturated carbocycles. The number of carbonyl (C=O) groups is 2. The molecule has 0 bridgehead atoms. The lowest BCUT2D eigenvalue weighted by molar-refractivity contribution is -0.142. The first-order chi connectivity index (χ1) is 12.5. The van der Waals surface area contributed by atoms with Crippen LogP contribution in [0.5, 0.6) is 0 Å². The highest BCUT2D eigenvalue weighted by molar-refractivity contribution is 6.31. The summed E-state index contributed by atoms with van der Waals surface area (Å²) in [6, 6.07) is 3.77. The molecule has 1 aromatic rings. The Kier molecular flexibility index (Phi) is 7.85. The Morgan fingerprint density at radius 3 is 2.67 bits per heavy atom. The van der Waals surface area contributed by atoms with Crippen LogP contribution in [0.4, 0.5) is 10.1 Å². The number of amides is 2. The highest BCUT2D eigenvalue weighted by Gasteiger charge is 2.34. The number of anilines is 1. The molecule has 0 spiro atoms. The molecule has 2 atom stereocenters. The largest absolute Gasteiger partial charge is 0.375 e. The summed E-state index contributed by atoms with van der Waals surface area (Å²) in [6.07, 6.45) is 1.03. The van der Waals surface area contributed by atoms with Crippen molar-refractivity contribution in [3.05, 3.63) is 29.0 Å². The summed E-state index contributed by atoms with van der Waals surface area (Å²) in [6.45, 7) is 4.24. The molecule has 1 aromatic carbocycles. The average molecular weight is 420 g/mol. The summed E-state index contributed by atoms with van der Waals surface area (Å²) >= 11 is 5.74. The van der Waals surface area contributed by atoms with Gasteiger partial charge in [-0.15, -0.1) is 12.4 Å². The van der Waals surface area contributed by atoms with Crippen molar-refractivity contribution in [1.82, 2.24) is 10.2 Å². The van der Waals surface area contributed by atoms with Crippen molar-refractivity contribution in [3.63, 3.8) is 0 Å². The van der Waals surface area contributed by atoms with Gasteiger partial charge in [0.05, 0.1) is 17.7 Å². The van der Waals surface area contributed by atoms with Gasteiger partial charge in [0.2, 0.25) is 11.8 Å². The van der Waals surface area contributed by atoms with E-state index in [9.17, 15) is 14.0 Å². The number of morpholine rings is 1. The van der Waals surface area contributed by atoms with E-state index in [1.807, 2.05) is 6.92 Å². The minimum atomic E-state index is -0.522. The molecule has 0 radical (unpaired) electrons. The van der Waals surface area contributed by atoms with E-state index < -0.39 is 5.82 Å². The van der Waals surface area contributed by atoms with Crippen LogP contribution < -0.4 is 10.6 Å². The first-order valence-electron chi connectivity index (χ1n) is 8.85. The molecule has 2 N–H and O–H groups in total. The number of halogens is 3. The molecule has 27 heavy (non-hydrogen) atoms. The van der Waals surface area contributed by atoms with E-state index >= 15 is 0 Å². The summed E-state index contributed by atoms with van der Waals surface area (Å²) in [7, 11) is 0. The summed E-state index contributed by atoms with van der Waals surface area (Å²) in [5, 5.41) is 5.94. The highest BCUT2D eigenvalue weighted by Crippen LogP contribution is 2.23. The Morgan fingerprint density at radius 2 is 2.04 bits per heavy atom. The molecule has 2 heterocycles. The molecule has 3 rings (SSSR count). The number of hydrogen-bond donors (Lipinski definition) is 2. The van der Waals surface area contributed by atoms with E-state index in [2.05, 4.69) is 10.6 Å². The number of nitrogens with one attached hydrogen (secondary N) is 2. The minimum absolute atomic E-state index is 0. The van der Waals surface area contributed by atoms with E-state index in [1.54, 1.807) is 4.90 Å². The molecule has 0 aliphatic carbocycles. The van der Waals surface area contributed by atoms with E-state index in [1.165, 1.54) is 18.2 Å². The Labute approximate surface area is 169 Å². The lowest BCUT2D eigenvalue weighted by Gasteiger charge is -2.37. The van der Waals surface area contributed by atoms with E-state index in [0.29, 0.717) is 44.8 Å². The second-order valence-electron chi connectivity index (χ2n) is 6.73. The molecule has 2 aliphatic heterocycles. The molecular weight excluding hydrogens is 396 g/mol. The molecule has 2 fully saturated rings. The fraction of sp³-hybridized carbons (Fsp3) is 0.556. The zero-order valence-electron chi connectivity index (χ0n) is 15.0. The zero-order valence-corrected chi connectivity index (χ0v) is 16.6. The van der Waals surface area contributed by atoms with Gasteiger partial charge in [0, 0.05) is 31.2 Å². The number of carbonyl (C=O) groups excluding carboxylic acids is 2. The average Bonchev–Trinajstić information content (AvgIpc) is 2.65. The van der Waals surface area contributed by atoms with Crippen molar-refractivity contribution < 1.29 is 18.7 Å². The lowest BCUT2D eigenvalue weighted by Crippen LogP contribution is -2.57. The molecule has 0 aromatic heterocycles. The predicted octanol–water partition coefficient (Wildman–Crippen LogP) is 2.45. The molecule has 0 unspecified atom stereocenters. The monoisotopic (exact) mass is 419 g/mol. The van der Waals surface area contributed by atoms with Crippen LogP contribution in [0.25, 0.3) is 0 Å². The van der Waals surface area contributed by atoms with Gasteiger partial charge in [0.15, 0.2) is 0 Å². The number of hydrogen-bond acceptors (Lipinski definition) is 4. The quantitative estimate of drug-likeness (QED) is 0.789. The molecule has 2 aliphatic rings. The van der Waals surface area contributed by atoms with Crippen molar-refractivity contribution in [2.75, 3.05) is 31.6 Å². The van der Waals surface area contributed by atoms with Gasteiger partial charge in [-0.05, 0) is 38.0 Å². The predicted molar refractivity (Wildman–Crippen MR) is 104 cm³/mol. The normalized spacial score (nSPS) is 23.4. The number of likely N-dealkylation sites (tertiary alicyclic amines) is 1. The minimum Gasteiger partial charge on any atom is -0.375 e. The van der Waals surface area contributed by atoms with Gasteiger partial charge in [-0.2, -0.15) is 0 Å².